The minimum absolute atomic E-state index is 0.0770. The second-order valence-corrected chi connectivity index (χ2v) is 6.92. The molecule has 0 atom stereocenters. The monoisotopic (exact) mass is 359 g/mol. The van der Waals surface area contributed by atoms with Crippen molar-refractivity contribution in [3.8, 4) is 0 Å². The lowest BCUT2D eigenvalue weighted by Gasteiger charge is -2.12. The first-order valence-corrected chi connectivity index (χ1v) is 9.11. The van der Waals surface area contributed by atoms with Crippen LogP contribution in [0.1, 0.15) is 43.0 Å². The molecule has 1 heterocycles. The Labute approximate surface area is 152 Å². The Morgan fingerprint density at radius 1 is 1.28 bits per heavy atom. The van der Waals surface area contributed by atoms with Crippen LogP contribution in [-0.4, -0.2) is 23.9 Å². The van der Waals surface area contributed by atoms with E-state index in [2.05, 4.69) is 45.2 Å². The van der Waals surface area contributed by atoms with Gasteiger partial charge in [0.1, 0.15) is 5.01 Å². The molecule has 2 aromatic rings. The van der Waals surface area contributed by atoms with Gasteiger partial charge in [0.2, 0.25) is 5.91 Å². The summed E-state index contributed by atoms with van der Waals surface area (Å²) in [4.78, 5) is 20.0. The molecule has 134 valence electrons. The van der Waals surface area contributed by atoms with Crippen LogP contribution < -0.4 is 16.0 Å². The number of hydrogen-bond acceptors (Lipinski definition) is 4. The van der Waals surface area contributed by atoms with Gasteiger partial charge in [0.05, 0.1) is 12.2 Å². The van der Waals surface area contributed by atoms with E-state index in [1.807, 2.05) is 24.3 Å². The lowest BCUT2D eigenvalue weighted by Crippen LogP contribution is -2.36. The normalized spacial score (nSPS) is 11.5. The lowest BCUT2D eigenvalue weighted by molar-refractivity contribution is -0.114. The second kappa shape index (κ2) is 9.17. The van der Waals surface area contributed by atoms with Crippen LogP contribution in [0.4, 0.5) is 5.69 Å². The minimum atomic E-state index is -0.0770. The molecular formula is C18H25N5OS. The highest BCUT2D eigenvalue weighted by atomic mass is 32.1. The average molecular weight is 359 g/mol. The minimum Gasteiger partial charge on any atom is -0.352 e. The molecule has 0 fully saturated rings. The third-order valence-electron chi connectivity index (χ3n) is 3.50. The van der Waals surface area contributed by atoms with E-state index in [9.17, 15) is 4.79 Å². The quantitative estimate of drug-likeness (QED) is 0.547. The number of carbonyl (C=O) groups is 1. The van der Waals surface area contributed by atoms with Gasteiger partial charge in [0, 0.05) is 31.6 Å². The van der Waals surface area contributed by atoms with Crippen LogP contribution in [0.15, 0.2) is 34.6 Å². The average Bonchev–Trinajstić information content (AvgIpc) is 3.04. The summed E-state index contributed by atoms with van der Waals surface area (Å²) in [5, 5.41) is 12.5. The largest absolute Gasteiger partial charge is 0.352 e. The van der Waals surface area contributed by atoms with Gasteiger partial charge in [0.15, 0.2) is 5.96 Å². The van der Waals surface area contributed by atoms with Crippen molar-refractivity contribution in [2.75, 3.05) is 12.4 Å². The number of nitrogens with one attached hydrogen (secondary N) is 3. The maximum absolute atomic E-state index is 11.1. The van der Waals surface area contributed by atoms with Crippen LogP contribution in [0.5, 0.6) is 0 Å². The molecule has 0 aliphatic rings. The summed E-state index contributed by atoms with van der Waals surface area (Å²) in [7, 11) is 1.74. The third kappa shape index (κ3) is 6.19. The summed E-state index contributed by atoms with van der Waals surface area (Å²) in [6.07, 6.45) is 0. The van der Waals surface area contributed by atoms with Gasteiger partial charge in [-0.05, 0) is 23.6 Å². The van der Waals surface area contributed by atoms with E-state index < -0.39 is 0 Å². The highest BCUT2D eigenvalue weighted by Gasteiger charge is 2.06. The summed E-state index contributed by atoms with van der Waals surface area (Å²) in [6.45, 7) is 7.04. The number of carbonyl (C=O) groups excluding carboxylic acids is 1. The van der Waals surface area contributed by atoms with E-state index in [0.717, 1.165) is 22.0 Å². The Kier molecular flexibility index (Phi) is 6.94. The summed E-state index contributed by atoms with van der Waals surface area (Å²) in [6, 6.07) is 7.73. The van der Waals surface area contributed by atoms with E-state index >= 15 is 0 Å². The van der Waals surface area contributed by atoms with Gasteiger partial charge in [0.25, 0.3) is 0 Å². The SMILES string of the molecule is CN=C(NCc1cccc(NC(C)=O)c1)NCc1nc(C(C)C)cs1. The third-order valence-corrected chi connectivity index (χ3v) is 4.37. The molecule has 25 heavy (non-hydrogen) atoms. The molecule has 1 aromatic carbocycles. The summed E-state index contributed by atoms with van der Waals surface area (Å²) < 4.78 is 0. The van der Waals surface area contributed by atoms with E-state index in [1.165, 1.54) is 6.92 Å². The summed E-state index contributed by atoms with van der Waals surface area (Å²) in [5.74, 6) is 1.08. The molecule has 1 aromatic heterocycles. The Morgan fingerprint density at radius 3 is 2.68 bits per heavy atom. The standard InChI is InChI=1S/C18H25N5OS/c1-12(2)16-11-25-17(23-16)10-21-18(19-4)20-9-14-6-5-7-15(8-14)22-13(3)24/h5-8,11-12H,9-10H2,1-4H3,(H,22,24)(H2,19,20,21). The van der Waals surface area contributed by atoms with Crippen molar-refractivity contribution < 1.29 is 4.79 Å². The van der Waals surface area contributed by atoms with E-state index in [4.69, 9.17) is 0 Å². The molecule has 0 aliphatic carbocycles. The Morgan fingerprint density at radius 2 is 2.04 bits per heavy atom. The molecule has 1 amide bonds. The molecule has 0 unspecified atom stereocenters. The van der Waals surface area contributed by atoms with Crippen molar-refractivity contribution in [3.63, 3.8) is 0 Å². The summed E-state index contributed by atoms with van der Waals surface area (Å²) >= 11 is 1.66. The lowest BCUT2D eigenvalue weighted by atomic mass is 10.2. The van der Waals surface area contributed by atoms with Crippen molar-refractivity contribution in [1.82, 2.24) is 15.6 Å². The topological polar surface area (TPSA) is 78.4 Å². The molecule has 7 heteroatoms. The Hall–Kier alpha value is -2.41. The molecule has 0 bridgehead atoms. The first-order valence-electron chi connectivity index (χ1n) is 8.23. The fourth-order valence-electron chi connectivity index (χ4n) is 2.20. The van der Waals surface area contributed by atoms with Crippen LogP contribution in [0.3, 0.4) is 0 Å². The number of amides is 1. The van der Waals surface area contributed by atoms with Crippen LogP contribution >= 0.6 is 11.3 Å². The molecule has 0 aliphatic heterocycles. The number of guanidine groups is 1. The van der Waals surface area contributed by atoms with Gasteiger partial charge in [-0.15, -0.1) is 11.3 Å². The van der Waals surface area contributed by atoms with Crippen molar-refractivity contribution in [3.05, 3.63) is 45.9 Å². The number of aliphatic imine (C=N–C) groups is 1. The zero-order valence-electron chi connectivity index (χ0n) is 15.1. The van der Waals surface area contributed by atoms with Crippen LogP contribution in [0.2, 0.25) is 0 Å². The van der Waals surface area contributed by atoms with Crippen molar-refractivity contribution >= 4 is 28.9 Å². The number of thiazole rings is 1. The van der Waals surface area contributed by atoms with Gasteiger partial charge in [-0.3, -0.25) is 9.79 Å². The van der Waals surface area contributed by atoms with Gasteiger partial charge >= 0.3 is 0 Å². The first kappa shape index (κ1) is 18.9. The molecule has 2 rings (SSSR count). The van der Waals surface area contributed by atoms with Gasteiger partial charge in [-0.1, -0.05) is 26.0 Å². The smallest absolute Gasteiger partial charge is 0.221 e. The van der Waals surface area contributed by atoms with Crippen LogP contribution in [0.25, 0.3) is 0 Å². The fraction of sp³-hybridized carbons (Fsp3) is 0.389. The van der Waals surface area contributed by atoms with Crippen LogP contribution in [0, 0.1) is 0 Å². The van der Waals surface area contributed by atoms with Crippen molar-refractivity contribution in [1.29, 1.82) is 0 Å². The van der Waals surface area contributed by atoms with Gasteiger partial charge < -0.3 is 16.0 Å². The zero-order chi connectivity index (χ0) is 18.2. The summed E-state index contributed by atoms with van der Waals surface area (Å²) in [5.41, 5.74) is 2.98. The molecule has 0 saturated heterocycles. The number of hydrogen-bond donors (Lipinski definition) is 3. The predicted molar refractivity (Wildman–Crippen MR) is 104 cm³/mol. The van der Waals surface area contributed by atoms with E-state index in [-0.39, 0.29) is 5.91 Å². The predicted octanol–water partition coefficient (Wildman–Crippen LogP) is 3.09. The van der Waals surface area contributed by atoms with Crippen LogP contribution in [-0.2, 0) is 17.9 Å². The Bertz CT molecular complexity index is 739. The molecule has 0 saturated carbocycles. The highest BCUT2D eigenvalue weighted by molar-refractivity contribution is 7.09. The first-order chi connectivity index (χ1) is 12.0. The Balaban J connectivity index is 1.86. The van der Waals surface area contributed by atoms with Gasteiger partial charge in [-0.2, -0.15) is 0 Å². The second-order valence-electron chi connectivity index (χ2n) is 5.98. The van der Waals surface area contributed by atoms with E-state index in [1.54, 1.807) is 18.4 Å². The van der Waals surface area contributed by atoms with Crippen molar-refractivity contribution in [2.45, 2.75) is 39.8 Å². The number of benzene rings is 1. The number of aromatic nitrogens is 1. The maximum Gasteiger partial charge on any atom is 0.221 e. The maximum atomic E-state index is 11.1. The number of anilines is 1. The van der Waals surface area contributed by atoms with Crippen molar-refractivity contribution in [2.24, 2.45) is 4.99 Å². The van der Waals surface area contributed by atoms with Gasteiger partial charge in [-0.25, -0.2) is 4.98 Å². The number of nitrogens with zero attached hydrogens (tertiary/aromatic N) is 2. The molecule has 0 spiro atoms. The van der Waals surface area contributed by atoms with E-state index in [0.29, 0.717) is 25.0 Å². The fourth-order valence-corrected chi connectivity index (χ4v) is 3.09. The molecule has 6 nitrogen and oxygen atoms in total. The highest BCUT2D eigenvalue weighted by Crippen LogP contribution is 2.17. The molecule has 0 radical (unpaired) electrons. The number of rotatable bonds is 6. The zero-order valence-corrected chi connectivity index (χ0v) is 15.9. The molecule has 3 N–H and O–H groups in total. The molecular weight excluding hydrogens is 334 g/mol.